The second-order valence-corrected chi connectivity index (χ2v) is 4.51. The third kappa shape index (κ3) is 4.35. The number of carbonyl (C=O) groups excluding carboxylic acids is 3. The van der Waals surface area contributed by atoms with Gasteiger partial charge < -0.3 is 16.0 Å². The monoisotopic (exact) mass is 255 g/mol. The van der Waals surface area contributed by atoms with Gasteiger partial charge in [-0.2, -0.15) is 0 Å². The summed E-state index contributed by atoms with van der Waals surface area (Å²) in [4.78, 5) is 33.9. The number of piperazine rings is 1. The van der Waals surface area contributed by atoms with Crippen molar-refractivity contribution >= 4 is 17.7 Å². The summed E-state index contributed by atoms with van der Waals surface area (Å²) >= 11 is 0. The molecule has 2 atom stereocenters. The maximum Gasteiger partial charge on any atom is 0.243 e. The summed E-state index contributed by atoms with van der Waals surface area (Å²) in [5, 5.41) is 8.13. The second-order valence-electron chi connectivity index (χ2n) is 4.51. The van der Waals surface area contributed by atoms with E-state index in [0.717, 1.165) is 12.8 Å². The lowest BCUT2D eigenvalue weighted by Gasteiger charge is -2.28. The molecule has 6 nitrogen and oxygen atoms in total. The molecule has 0 spiro atoms. The van der Waals surface area contributed by atoms with Gasteiger partial charge in [0, 0.05) is 13.5 Å². The average molecular weight is 255 g/mol. The third-order valence-corrected chi connectivity index (χ3v) is 2.97. The van der Waals surface area contributed by atoms with Crippen LogP contribution in [0.4, 0.5) is 0 Å². The molecule has 0 unspecified atom stereocenters. The standard InChI is InChI=1S/C12H21N3O3/c1-3-9-11(17)15-10(12(18)14-9)6-4-5-7-13-8(2)16/h9-10H,3-7H2,1-2H3,(H,13,16)(H,14,18)(H,15,17)/t9-,10-/m0/s1. The van der Waals surface area contributed by atoms with Crippen molar-refractivity contribution in [2.24, 2.45) is 0 Å². The van der Waals surface area contributed by atoms with E-state index >= 15 is 0 Å². The number of unbranched alkanes of at least 4 members (excludes halogenated alkanes) is 1. The molecular weight excluding hydrogens is 234 g/mol. The van der Waals surface area contributed by atoms with Crippen LogP contribution in [0, 0.1) is 0 Å². The van der Waals surface area contributed by atoms with Gasteiger partial charge in [-0.15, -0.1) is 0 Å². The van der Waals surface area contributed by atoms with Gasteiger partial charge in [0.2, 0.25) is 17.7 Å². The second kappa shape index (κ2) is 6.98. The summed E-state index contributed by atoms with van der Waals surface area (Å²) in [6.45, 7) is 3.94. The molecule has 1 aliphatic heterocycles. The van der Waals surface area contributed by atoms with E-state index in [0.29, 0.717) is 19.4 Å². The van der Waals surface area contributed by atoms with Crippen molar-refractivity contribution in [2.75, 3.05) is 6.54 Å². The lowest BCUT2D eigenvalue weighted by Crippen LogP contribution is -2.61. The Kier molecular flexibility index (Phi) is 5.61. The van der Waals surface area contributed by atoms with Crippen molar-refractivity contribution in [1.29, 1.82) is 0 Å². The molecule has 0 aliphatic carbocycles. The maximum atomic E-state index is 11.7. The lowest BCUT2D eigenvalue weighted by atomic mass is 10.0. The van der Waals surface area contributed by atoms with Gasteiger partial charge in [-0.3, -0.25) is 14.4 Å². The summed E-state index contributed by atoms with van der Waals surface area (Å²) < 4.78 is 0. The number of hydrogen-bond acceptors (Lipinski definition) is 3. The van der Waals surface area contributed by atoms with Crippen molar-refractivity contribution in [3.8, 4) is 0 Å². The Balaban J connectivity index is 2.24. The molecule has 1 saturated heterocycles. The quantitative estimate of drug-likeness (QED) is 0.569. The Labute approximate surface area is 107 Å². The molecule has 0 radical (unpaired) electrons. The van der Waals surface area contributed by atoms with Crippen LogP contribution in [0.2, 0.25) is 0 Å². The van der Waals surface area contributed by atoms with E-state index < -0.39 is 12.1 Å². The first-order valence-electron chi connectivity index (χ1n) is 6.39. The Hall–Kier alpha value is -1.59. The van der Waals surface area contributed by atoms with Gasteiger partial charge in [-0.1, -0.05) is 6.92 Å². The molecule has 3 amide bonds. The fourth-order valence-electron chi connectivity index (χ4n) is 1.90. The summed E-state index contributed by atoms with van der Waals surface area (Å²) in [5.41, 5.74) is 0. The predicted molar refractivity (Wildman–Crippen MR) is 66.7 cm³/mol. The van der Waals surface area contributed by atoms with Gasteiger partial charge in [-0.25, -0.2) is 0 Å². The van der Waals surface area contributed by atoms with E-state index in [9.17, 15) is 14.4 Å². The predicted octanol–water partition coefficient (Wildman–Crippen LogP) is -0.314. The molecule has 1 aliphatic rings. The fourth-order valence-corrected chi connectivity index (χ4v) is 1.90. The van der Waals surface area contributed by atoms with Crippen molar-refractivity contribution in [1.82, 2.24) is 16.0 Å². The maximum absolute atomic E-state index is 11.7. The smallest absolute Gasteiger partial charge is 0.243 e. The zero-order valence-corrected chi connectivity index (χ0v) is 10.9. The van der Waals surface area contributed by atoms with Crippen molar-refractivity contribution < 1.29 is 14.4 Å². The molecule has 0 saturated carbocycles. The molecule has 1 rings (SSSR count). The van der Waals surface area contributed by atoms with Gasteiger partial charge >= 0.3 is 0 Å². The Morgan fingerprint density at radius 1 is 1.17 bits per heavy atom. The van der Waals surface area contributed by atoms with Crippen molar-refractivity contribution in [3.63, 3.8) is 0 Å². The van der Waals surface area contributed by atoms with Gasteiger partial charge in [0.1, 0.15) is 12.1 Å². The van der Waals surface area contributed by atoms with E-state index in [1.54, 1.807) is 0 Å². The topological polar surface area (TPSA) is 87.3 Å². The average Bonchev–Trinajstić information content (AvgIpc) is 2.32. The molecule has 3 N–H and O–H groups in total. The number of nitrogens with one attached hydrogen (secondary N) is 3. The Morgan fingerprint density at radius 2 is 1.78 bits per heavy atom. The molecule has 0 aromatic heterocycles. The van der Waals surface area contributed by atoms with Crippen LogP contribution in [0.3, 0.4) is 0 Å². The first-order chi connectivity index (χ1) is 8.54. The van der Waals surface area contributed by atoms with Gasteiger partial charge in [-0.05, 0) is 25.7 Å². The Bertz CT molecular complexity index is 331. The van der Waals surface area contributed by atoms with E-state index in [-0.39, 0.29) is 17.7 Å². The highest BCUT2D eigenvalue weighted by molar-refractivity contribution is 5.96. The van der Waals surface area contributed by atoms with Crippen LogP contribution in [0.1, 0.15) is 39.5 Å². The van der Waals surface area contributed by atoms with Gasteiger partial charge in [0.05, 0.1) is 0 Å². The van der Waals surface area contributed by atoms with Gasteiger partial charge in [0.25, 0.3) is 0 Å². The van der Waals surface area contributed by atoms with Crippen LogP contribution in [0.5, 0.6) is 0 Å². The van der Waals surface area contributed by atoms with Crippen LogP contribution in [-0.2, 0) is 14.4 Å². The molecule has 102 valence electrons. The minimum Gasteiger partial charge on any atom is -0.356 e. The van der Waals surface area contributed by atoms with Crippen LogP contribution in [-0.4, -0.2) is 36.3 Å². The van der Waals surface area contributed by atoms with Crippen LogP contribution < -0.4 is 16.0 Å². The number of rotatable bonds is 6. The van der Waals surface area contributed by atoms with Crippen molar-refractivity contribution in [3.05, 3.63) is 0 Å². The molecule has 1 heterocycles. The molecular formula is C12H21N3O3. The van der Waals surface area contributed by atoms with E-state index in [4.69, 9.17) is 0 Å². The molecule has 0 bridgehead atoms. The SMILES string of the molecule is CC[C@@H]1NC(=O)[C@H](CCCCNC(C)=O)NC1=O. The molecule has 1 fully saturated rings. The van der Waals surface area contributed by atoms with E-state index in [1.807, 2.05) is 6.92 Å². The highest BCUT2D eigenvalue weighted by Gasteiger charge is 2.31. The Morgan fingerprint density at radius 3 is 2.39 bits per heavy atom. The summed E-state index contributed by atoms with van der Waals surface area (Å²) in [7, 11) is 0. The minimum atomic E-state index is -0.433. The first kappa shape index (κ1) is 14.5. The van der Waals surface area contributed by atoms with Crippen molar-refractivity contribution in [2.45, 2.75) is 51.6 Å². The number of amides is 3. The molecule has 0 aromatic carbocycles. The highest BCUT2D eigenvalue weighted by Crippen LogP contribution is 2.07. The number of carbonyl (C=O) groups is 3. The van der Waals surface area contributed by atoms with E-state index in [1.165, 1.54) is 6.92 Å². The zero-order chi connectivity index (χ0) is 13.5. The summed E-state index contributed by atoms with van der Waals surface area (Å²) in [6.07, 6.45) is 2.80. The minimum absolute atomic E-state index is 0.0514. The molecule has 6 heteroatoms. The normalized spacial score (nSPS) is 23.2. The van der Waals surface area contributed by atoms with E-state index in [2.05, 4.69) is 16.0 Å². The van der Waals surface area contributed by atoms with Crippen LogP contribution >= 0.6 is 0 Å². The lowest BCUT2D eigenvalue weighted by molar-refractivity contribution is -0.137. The largest absolute Gasteiger partial charge is 0.356 e. The fraction of sp³-hybridized carbons (Fsp3) is 0.750. The van der Waals surface area contributed by atoms with Crippen LogP contribution in [0.25, 0.3) is 0 Å². The zero-order valence-electron chi connectivity index (χ0n) is 10.9. The highest BCUT2D eigenvalue weighted by atomic mass is 16.2. The van der Waals surface area contributed by atoms with Gasteiger partial charge in [0.15, 0.2) is 0 Å². The third-order valence-electron chi connectivity index (χ3n) is 2.97. The summed E-state index contributed by atoms with van der Waals surface area (Å²) in [5.74, 6) is -0.269. The number of hydrogen-bond donors (Lipinski definition) is 3. The first-order valence-corrected chi connectivity index (χ1v) is 6.39. The van der Waals surface area contributed by atoms with Crippen LogP contribution in [0.15, 0.2) is 0 Å². The molecule has 0 aromatic rings. The molecule has 18 heavy (non-hydrogen) atoms. The summed E-state index contributed by atoms with van der Waals surface area (Å²) in [6, 6.07) is -0.828.